The van der Waals surface area contributed by atoms with Crippen LogP contribution in [0.15, 0.2) is 59.6 Å². The Morgan fingerprint density at radius 2 is 1.96 bits per heavy atom. The van der Waals surface area contributed by atoms with Crippen LogP contribution in [0.4, 0.5) is 0 Å². The number of fused-ring (bicyclic) bond motifs is 1. The highest BCUT2D eigenvalue weighted by Crippen LogP contribution is 2.31. The van der Waals surface area contributed by atoms with Crippen LogP contribution in [0.1, 0.15) is 36.8 Å². The van der Waals surface area contributed by atoms with Crippen molar-refractivity contribution in [2.75, 3.05) is 12.3 Å². The highest BCUT2D eigenvalue weighted by Gasteiger charge is 2.24. The lowest BCUT2D eigenvalue weighted by atomic mass is 9.91. The SMILES string of the molecule is C[C@H](c1c[nH]c2ccc(CCS(=O)(=O)c3ccccc3)cc12)C1CCCN1. The molecule has 27 heavy (non-hydrogen) atoms. The van der Waals surface area contributed by atoms with Crippen LogP contribution >= 0.6 is 0 Å². The second kappa shape index (κ2) is 7.49. The zero-order valence-electron chi connectivity index (χ0n) is 15.6. The van der Waals surface area contributed by atoms with Crippen LogP contribution < -0.4 is 5.32 Å². The first-order chi connectivity index (χ1) is 13.0. The minimum Gasteiger partial charge on any atom is -0.361 e. The quantitative estimate of drug-likeness (QED) is 0.676. The molecule has 4 rings (SSSR count). The summed E-state index contributed by atoms with van der Waals surface area (Å²) in [5.41, 5.74) is 3.50. The fourth-order valence-corrected chi connectivity index (χ4v) is 5.39. The minimum absolute atomic E-state index is 0.127. The van der Waals surface area contributed by atoms with Crippen molar-refractivity contribution in [3.63, 3.8) is 0 Å². The van der Waals surface area contributed by atoms with E-state index in [1.165, 1.54) is 23.8 Å². The van der Waals surface area contributed by atoms with Crippen molar-refractivity contribution in [2.45, 2.75) is 43.0 Å². The predicted octanol–water partition coefficient (Wildman–Crippen LogP) is 4.04. The zero-order chi connectivity index (χ0) is 18.9. The van der Waals surface area contributed by atoms with E-state index in [0.29, 0.717) is 23.3 Å². The summed E-state index contributed by atoms with van der Waals surface area (Å²) >= 11 is 0. The summed E-state index contributed by atoms with van der Waals surface area (Å²) in [5.74, 6) is 0.562. The Kier molecular flexibility index (Phi) is 5.06. The maximum atomic E-state index is 12.6. The first-order valence-electron chi connectivity index (χ1n) is 9.66. The lowest BCUT2D eigenvalue weighted by Crippen LogP contribution is -2.27. The van der Waals surface area contributed by atoms with Crippen molar-refractivity contribution >= 4 is 20.7 Å². The molecule has 2 aromatic carbocycles. The van der Waals surface area contributed by atoms with E-state index in [1.807, 2.05) is 12.1 Å². The maximum Gasteiger partial charge on any atom is 0.178 e. The Balaban J connectivity index is 1.55. The van der Waals surface area contributed by atoms with Gasteiger partial charge in [-0.15, -0.1) is 0 Å². The van der Waals surface area contributed by atoms with E-state index >= 15 is 0 Å². The van der Waals surface area contributed by atoms with Crippen molar-refractivity contribution < 1.29 is 8.42 Å². The highest BCUT2D eigenvalue weighted by molar-refractivity contribution is 7.91. The fourth-order valence-electron chi connectivity index (χ4n) is 4.07. The first kappa shape index (κ1) is 18.3. The Bertz CT molecular complexity index is 1020. The molecule has 3 aromatic rings. The van der Waals surface area contributed by atoms with Crippen molar-refractivity contribution in [3.8, 4) is 0 Å². The molecule has 2 N–H and O–H groups in total. The minimum atomic E-state index is -3.26. The molecule has 0 bridgehead atoms. The third kappa shape index (κ3) is 3.80. The highest BCUT2D eigenvalue weighted by atomic mass is 32.2. The number of hydrogen-bond donors (Lipinski definition) is 2. The number of benzene rings is 2. The number of aromatic nitrogens is 1. The molecule has 1 aliphatic rings. The number of hydrogen-bond acceptors (Lipinski definition) is 3. The van der Waals surface area contributed by atoms with Crippen molar-refractivity contribution in [1.82, 2.24) is 10.3 Å². The monoisotopic (exact) mass is 382 g/mol. The van der Waals surface area contributed by atoms with Crippen LogP contribution in [0, 0.1) is 0 Å². The Morgan fingerprint density at radius 3 is 2.70 bits per heavy atom. The summed E-state index contributed by atoms with van der Waals surface area (Å²) in [5, 5.41) is 4.81. The first-order valence-corrected chi connectivity index (χ1v) is 11.3. The Labute approximate surface area is 160 Å². The second-order valence-corrected chi connectivity index (χ2v) is 9.61. The van der Waals surface area contributed by atoms with Crippen LogP contribution in [0.2, 0.25) is 0 Å². The summed E-state index contributed by atoms with van der Waals surface area (Å²) in [6.07, 6.45) is 5.08. The van der Waals surface area contributed by atoms with Gasteiger partial charge in [-0.2, -0.15) is 0 Å². The van der Waals surface area contributed by atoms with E-state index in [9.17, 15) is 8.42 Å². The van der Waals surface area contributed by atoms with E-state index < -0.39 is 9.84 Å². The number of nitrogens with one attached hydrogen (secondary N) is 2. The number of rotatable bonds is 6. The average Bonchev–Trinajstić information content (AvgIpc) is 3.36. The molecule has 1 saturated heterocycles. The van der Waals surface area contributed by atoms with E-state index in [2.05, 4.69) is 35.6 Å². The van der Waals surface area contributed by atoms with Gasteiger partial charge in [0.05, 0.1) is 10.6 Å². The molecule has 1 fully saturated rings. The molecule has 0 aliphatic carbocycles. The lowest BCUT2D eigenvalue weighted by molar-refractivity contribution is 0.520. The van der Waals surface area contributed by atoms with Crippen LogP contribution in [0.25, 0.3) is 10.9 Å². The van der Waals surface area contributed by atoms with Crippen LogP contribution in [-0.4, -0.2) is 31.7 Å². The van der Waals surface area contributed by atoms with Gasteiger partial charge >= 0.3 is 0 Å². The standard InChI is InChI=1S/C22H26N2O2S/c1-16(21-8-5-12-23-21)20-15-24-22-10-9-17(14-19(20)22)11-13-27(25,26)18-6-3-2-4-7-18/h2-4,6-7,9-10,14-16,21,23-24H,5,8,11-13H2,1H3/t16-,21?/m1/s1. The Morgan fingerprint density at radius 1 is 1.15 bits per heavy atom. The van der Waals surface area contributed by atoms with Gasteiger partial charge in [0.25, 0.3) is 0 Å². The number of sulfone groups is 1. The van der Waals surface area contributed by atoms with Gasteiger partial charge in [-0.3, -0.25) is 0 Å². The van der Waals surface area contributed by atoms with E-state index in [1.54, 1.807) is 24.3 Å². The molecule has 1 aromatic heterocycles. The second-order valence-electron chi connectivity index (χ2n) is 7.50. The normalized spacial score (nSPS) is 18.8. The third-order valence-electron chi connectivity index (χ3n) is 5.73. The molecule has 0 saturated carbocycles. The topological polar surface area (TPSA) is 62.0 Å². The van der Waals surface area contributed by atoms with Gasteiger partial charge in [0.1, 0.15) is 0 Å². The number of aryl methyl sites for hydroxylation is 1. The molecule has 4 nitrogen and oxygen atoms in total. The molecule has 0 amide bonds. The van der Waals surface area contributed by atoms with E-state index in [4.69, 9.17) is 0 Å². The summed E-state index contributed by atoms with van der Waals surface area (Å²) in [7, 11) is -3.26. The molecule has 0 radical (unpaired) electrons. The maximum absolute atomic E-state index is 12.6. The fraction of sp³-hybridized carbons (Fsp3) is 0.364. The predicted molar refractivity (Wildman–Crippen MR) is 110 cm³/mol. The molecule has 142 valence electrons. The Hall–Kier alpha value is -2.11. The van der Waals surface area contributed by atoms with Gasteiger partial charge in [-0.25, -0.2) is 8.42 Å². The largest absolute Gasteiger partial charge is 0.361 e. The molecule has 2 atom stereocenters. The summed E-state index contributed by atoms with van der Waals surface area (Å²) in [6.45, 7) is 3.37. The van der Waals surface area contributed by atoms with Gasteiger partial charge in [0, 0.05) is 23.1 Å². The summed E-state index contributed by atoms with van der Waals surface area (Å²) < 4.78 is 25.1. The van der Waals surface area contributed by atoms with Crippen molar-refractivity contribution in [1.29, 1.82) is 0 Å². The van der Waals surface area contributed by atoms with E-state index in [-0.39, 0.29) is 5.75 Å². The van der Waals surface area contributed by atoms with Gasteiger partial charge in [0.2, 0.25) is 0 Å². The number of aromatic amines is 1. The molecule has 1 unspecified atom stereocenters. The van der Waals surface area contributed by atoms with Crippen molar-refractivity contribution in [3.05, 3.63) is 65.9 Å². The summed E-state index contributed by atoms with van der Waals surface area (Å²) in [6, 6.07) is 15.5. The molecule has 2 heterocycles. The van der Waals surface area contributed by atoms with Gasteiger partial charge in [-0.1, -0.05) is 31.2 Å². The number of H-pyrrole nitrogens is 1. The van der Waals surface area contributed by atoms with Crippen LogP contribution in [0.3, 0.4) is 0 Å². The van der Waals surface area contributed by atoms with Gasteiger partial charge < -0.3 is 10.3 Å². The lowest BCUT2D eigenvalue weighted by Gasteiger charge is -2.19. The van der Waals surface area contributed by atoms with Gasteiger partial charge in [0.15, 0.2) is 9.84 Å². The molecule has 5 heteroatoms. The molecular formula is C22H26N2O2S. The van der Waals surface area contributed by atoms with Crippen LogP contribution in [0.5, 0.6) is 0 Å². The molecule has 1 aliphatic heterocycles. The molecular weight excluding hydrogens is 356 g/mol. The third-order valence-corrected chi connectivity index (χ3v) is 7.46. The smallest absolute Gasteiger partial charge is 0.178 e. The van der Waals surface area contributed by atoms with E-state index in [0.717, 1.165) is 17.6 Å². The van der Waals surface area contributed by atoms with Crippen molar-refractivity contribution in [2.24, 2.45) is 0 Å². The zero-order valence-corrected chi connectivity index (χ0v) is 16.4. The van der Waals surface area contributed by atoms with Crippen LogP contribution in [-0.2, 0) is 16.3 Å². The molecule has 0 spiro atoms. The summed E-state index contributed by atoms with van der Waals surface area (Å²) in [4.78, 5) is 3.77. The average molecular weight is 383 g/mol. The van der Waals surface area contributed by atoms with Gasteiger partial charge in [-0.05, 0) is 67.1 Å².